The van der Waals surface area contributed by atoms with Crippen molar-refractivity contribution in [3.63, 3.8) is 0 Å². The van der Waals surface area contributed by atoms with Gasteiger partial charge in [0.15, 0.2) is 0 Å². The van der Waals surface area contributed by atoms with Gasteiger partial charge in [0.2, 0.25) is 0 Å². The number of carboxylic acids is 1. The number of halogens is 1. The Morgan fingerprint density at radius 1 is 1.39 bits per heavy atom. The number of hydrogen-bond acceptors (Lipinski definition) is 3. The molecule has 1 amide bonds. The van der Waals surface area contributed by atoms with Crippen LogP contribution in [0.1, 0.15) is 23.2 Å². The summed E-state index contributed by atoms with van der Waals surface area (Å²) < 4.78 is 1.54. The maximum Gasteiger partial charge on any atom is 0.311 e. The first-order valence-electron chi connectivity index (χ1n) is 7.23. The molecule has 1 aliphatic rings. The van der Waals surface area contributed by atoms with Crippen molar-refractivity contribution in [1.29, 1.82) is 0 Å². The monoisotopic (exact) mass is 333 g/mol. The number of carbonyl (C=O) groups excluding carboxylic acids is 1. The third-order valence-corrected chi connectivity index (χ3v) is 4.43. The van der Waals surface area contributed by atoms with Crippen LogP contribution in [0.3, 0.4) is 0 Å². The van der Waals surface area contributed by atoms with Crippen molar-refractivity contribution in [1.82, 2.24) is 15.1 Å². The fourth-order valence-electron chi connectivity index (χ4n) is 2.47. The predicted molar refractivity (Wildman–Crippen MR) is 85.3 cm³/mol. The van der Waals surface area contributed by atoms with Crippen molar-refractivity contribution in [3.8, 4) is 11.3 Å². The van der Waals surface area contributed by atoms with Crippen molar-refractivity contribution >= 4 is 23.5 Å². The van der Waals surface area contributed by atoms with Crippen molar-refractivity contribution in [2.75, 3.05) is 6.54 Å². The number of aliphatic carboxylic acids is 1. The third kappa shape index (κ3) is 2.94. The van der Waals surface area contributed by atoms with E-state index in [0.717, 1.165) is 0 Å². The van der Waals surface area contributed by atoms with Crippen LogP contribution < -0.4 is 5.32 Å². The molecule has 0 bridgehead atoms. The number of nitrogens with zero attached hydrogens (tertiary/aromatic N) is 2. The van der Waals surface area contributed by atoms with E-state index >= 15 is 0 Å². The van der Waals surface area contributed by atoms with E-state index in [-0.39, 0.29) is 12.5 Å². The van der Waals surface area contributed by atoms with Crippen molar-refractivity contribution in [2.24, 2.45) is 12.5 Å². The molecular formula is C16H16ClN3O3. The van der Waals surface area contributed by atoms with Crippen molar-refractivity contribution in [3.05, 3.63) is 41.0 Å². The van der Waals surface area contributed by atoms with Crippen LogP contribution in [0.5, 0.6) is 0 Å². The Hall–Kier alpha value is -2.34. The highest BCUT2D eigenvalue weighted by Gasteiger charge is 2.50. The van der Waals surface area contributed by atoms with Gasteiger partial charge in [-0.05, 0) is 18.9 Å². The molecule has 0 unspecified atom stereocenters. The molecule has 1 saturated carbocycles. The molecule has 1 aliphatic carbocycles. The molecule has 0 spiro atoms. The highest BCUT2D eigenvalue weighted by atomic mass is 35.5. The van der Waals surface area contributed by atoms with E-state index in [1.54, 1.807) is 31.4 Å². The minimum atomic E-state index is -0.865. The van der Waals surface area contributed by atoms with Gasteiger partial charge in [0, 0.05) is 25.4 Å². The molecular weight excluding hydrogens is 318 g/mol. The minimum Gasteiger partial charge on any atom is -0.481 e. The van der Waals surface area contributed by atoms with E-state index in [1.807, 2.05) is 6.07 Å². The molecule has 23 heavy (non-hydrogen) atoms. The molecule has 2 N–H and O–H groups in total. The Morgan fingerprint density at radius 3 is 2.70 bits per heavy atom. The van der Waals surface area contributed by atoms with E-state index in [1.165, 1.54) is 4.68 Å². The second-order valence-electron chi connectivity index (χ2n) is 5.81. The number of nitrogens with one attached hydrogen (secondary N) is 1. The minimum absolute atomic E-state index is 0.123. The third-order valence-electron chi connectivity index (χ3n) is 4.10. The number of carboxylic acid groups (broad SMARTS) is 1. The van der Waals surface area contributed by atoms with Crippen molar-refractivity contribution in [2.45, 2.75) is 12.8 Å². The number of rotatable bonds is 5. The van der Waals surface area contributed by atoms with Gasteiger partial charge in [-0.15, -0.1) is 0 Å². The zero-order valence-corrected chi connectivity index (χ0v) is 13.3. The van der Waals surface area contributed by atoms with E-state index < -0.39 is 11.4 Å². The van der Waals surface area contributed by atoms with Crippen LogP contribution in [0, 0.1) is 5.41 Å². The summed E-state index contributed by atoms with van der Waals surface area (Å²) in [6, 6.07) is 7.15. The molecule has 120 valence electrons. The number of amides is 1. The number of aromatic nitrogens is 2. The Balaban J connectivity index is 1.84. The normalized spacial score (nSPS) is 15.2. The standard InChI is InChI=1S/C16H16ClN3O3/c1-20-8-11(13(19-20)10-4-2-3-5-12(10)17)14(21)18-9-16(6-7-16)15(22)23/h2-5,8H,6-7,9H2,1H3,(H,18,21)(H,22,23). The molecule has 7 heteroatoms. The van der Waals surface area contributed by atoms with Crippen LogP contribution in [-0.2, 0) is 11.8 Å². The van der Waals surface area contributed by atoms with Crippen LogP contribution in [0.4, 0.5) is 0 Å². The summed E-state index contributed by atoms with van der Waals surface area (Å²) in [6.07, 6.45) is 2.79. The molecule has 1 aromatic carbocycles. The van der Waals surface area contributed by atoms with Gasteiger partial charge in [0.1, 0.15) is 5.69 Å². The lowest BCUT2D eigenvalue weighted by molar-refractivity contribution is -0.143. The lowest BCUT2D eigenvalue weighted by Gasteiger charge is -2.11. The predicted octanol–water partition coefficient (Wildman–Crippen LogP) is 2.34. The highest BCUT2D eigenvalue weighted by molar-refractivity contribution is 6.33. The van der Waals surface area contributed by atoms with E-state index in [0.29, 0.717) is 34.7 Å². The first-order chi connectivity index (χ1) is 10.9. The Bertz CT molecular complexity index is 781. The van der Waals surface area contributed by atoms with Gasteiger partial charge < -0.3 is 10.4 Å². The fourth-order valence-corrected chi connectivity index (χ4v) is 2.69. The van der Waals surface area contributed by atoms with Crippen LogP contribution in [0.25, 0.3) is 11.3 Å². The van der Waals surface area contributed by atoms with Crippen LogP contribution in [0.15, 0.2) is 30.5 Å². The lowest BCUT2D eigenvalue weighted by Crippen LogP contribution is -2.34. The molecule has 3 rings (SSSR count). The molecule has 1 heterocycles. The molecule has 0 atom stereocenters. The fraction of sp³-hybridized carbons (Fsp3) is 0.312. The van der Waals surface area contributed by atoms with Gasteiger partial charge in [-0.1, -0.05) is 29.8 Å². The zero-order chi connectivity index (χ0) is 16.6. The van der Waals surface area contributed by atoms with Crippen molar-refractivity contribution < 1.29 is 14.7 Å². The van der Waals surface area contributed by atoms with E-state index in [2.05, 4.69) is 10.4 Å². The van der Waals surface area contributed by atoms with E-state index in [4.69, 9.17) is 11.6 Å². The zero-order valence-electron chi connectivity index (χ0n) is 12.5. The SMILES string of the molecule is Cn1cc(C(=O)NCC2(C(=O)O)CC2)c(-c2ccccc2Cl)n1. The average Bonchev–Trinajstić information content (AvgIpc) is 3.22. The summed E-state index contributed by atoms with van der Waals surface area (Å²) in [5, 5.41) is 16.7. The maximum atomic E-state index is 12.5. The highest BCUT2D eigenvalue weighted by Crippen LogP contribution is 2.45. The van der Waals surface area contributed by atoms with Gasteiger partial charge in [-0.3, -0.25) is 14.3 Å². The molecule has 6 nitrogen and oxygen atoms in total. The summed E-state index contributed by atoms with van der Waals surface area (Å²) in [5.41, 5.74) is 0.722. The smallest absolute Gasteiger partial charge is 0.311 e. The second-order valence-corrected chi connectivity index (χ2v) is 6.22. The first-order valence-corrected chi connectivity index (χ1v) is 7.61. The van der Waals surface area contributed by atoms with Gasteiger partial charge >= 0.3 is 5.97 Å². The van der Waals surface area contributed by atoms with Gasteiger partial charge in [0.05, 0.1) is 16.0 Å². The second kappa shape index (κ2) is 5.70. The van der Waals surface area contributed by atoms with Gasteiger partial charge in [-0.2, -0.15) is 5.10 Å². The Kier molecular flexibility index (Phi) is 3.85. The molecule has 0 aliphatic heterocycles. The molecule has 0 radical (unpaired) electrons. The van der Waals surface area contributed by atoms with Crippen LogP contribution in [-0.4, -0.2) is 33.3 Å². The Morgan fingerprint density at radius 2 is 2.09 bits per heavy atom. The maximum absolute atomic E-state index is 12.5. The number of aryl methyl sites for hydroxylation is 1. The summed E-state index contributed by atoms with van der Waals surface area (Å²) in [5.74, 6) is -1.21. The molecule has 2 aromatic rings. The van der Waals surface area contributed by atoms with Crippen LogP contribution in [0.2, 0.25) is 5.02 Å². The average molecular weight is 334 g/mol. The molecule has 0 saturated heterocycles. The number of benzene rings is 1. The lowest BCUT2D eigenvalue weighted by atomic mass is 10.1. The summed E-state index contributed by atoms with van der Waals surface area (Å²) in [6.45, 7) is 0.123. The van der Waals surface area contributed by atoms with Gasteiger partial charge in [-0.25, -0.2) is 0 Å². The quantitative estimate of drug-likeness (QED) is 0.879. The largest absolute Gasteiger partial charge is 0.481 e. The topological polar surface area (TPSA) is 84.2 Å². The number of carbonyl (C=O) groups is 2. The van der Waals surface area contributed by atoms with E-state index in [9.17, 15) is 14.7 Å². The molecule has 1 fully saturated rings. The summed E-state index contributed by atoms with van der Waals surface area (Å²) in [4.78, 5) is 23.6. The molecule has 1 aromatic heterocycles. The number of hydrogen-bond donors (Lipinski definition) is 2. The Labute approximate surface area is 138 Å². The van der Waals surface area contributed by atoms with Gasteiger partial charge in [0.25, 0.3) is 5.91 Å². The summed E-state index contributed by atoms with van der Waals surface area (Å²) >= 11 is 6.19. The first kappa shape index (κ1) is 15.6. The van der Waals surface area contributed by atoms with Crippen LogP contribution >= 0.6 is 11.6 Å². The summed E-state index contributed by atoms with van der Waals surface area (Å²) in [7, 11) is 1.72.